The lowest BCUT2D eigenvalue weighted by molar-refractivity contribution is -0.149. The summed E-state index contributed by atoms with van der Waals surface area (Å²) in [7, 11) is 1.45. The highest BCUT2D eigenvalue weighted by atomic mass is 16.5. The van der Waals surface area contributed by atoms with E-state index in [1.54, 1.807) is 0 Å². The summed E-state index contributed by atoms with van der Waals surface area (Å²) >= 11 is 0. The molecule has 0 saturated carbocycles. The van der Waals surface area contributed by atoms with Crippen molar-refractivity contribution in [2.24, 2.45) is 0 Å². The number of carbonyl (C=O) groups is 3. The summed E-state index contributed by atoms with van der Waals surface area (Å²) in [5, 5.41) is 26.9. The van der Waals surface area contributed by atoms with Gasteiger partial charge in [0.05, 0.1) is 20.2 Å². The number of aliphatic carboxylic acids is 3. The highest BCUT2D eigenvalue weighted by molar-refractivity contribution is 5.79. The first kappa shape index (κ1) is 16.4. The zero-order valence-corrected chi connectivity index (χ0v) is 11.2. The van der Waals surface area contributed by atoms with Crippen LogP contribution in [0.3, 0.4) is 0 Å². The van der Waals surface area contributed by atoms with E-state index in [2.05, 4.69) is 0 Å². The second kappa shape index (κ2) is 7.25. The van der Waals surface area contributed by atoms with E-state index in [1.807, 2.05) is 0 Å². The quantitative estimate of drug-likeness (QED) is 0.625. The third-order valence-corrected chi connectivity index (χ3v) is 2.71. The second-order valence-corrected chi connectivity index (χ2v) is 4.21. The lowest BCUT2D eigenvalue weighted by Gasteiger charge is -2.26. The number of hydrogen-bond acceptors (Lipinski definition) is 5. The maximum absolute atomic E-state index is 11.4. The Morgan fingerprint density at radius 1 is 1.05 bits per heavy atom. The van der Waals surface area contributed by atoms with E-state index in [1.165, 1.54) is 31.4 Å². The van der Waals surface area contributed by atoms with Crippen LogP contribution in [0.4, 0.5) is 0 Å². The van der Waals surface area contributed by atoms with Crippen LogP contribution >= 0.6 is 0 Å². The maximum atomic E-state index is 11.4. The molecule has 0 amide bonds. The summed E-state index contributed by atoms with van der Waals surface area (Å²) < 4.78 is 4.95. The van der Waals surface area contributed by atoms with Crippen LogP contribution in [0.25, 0.3) is 0 Å². The smallest absolute Gasteiger partial charge is 0.325 e. The van der Waals surface area contributed by atoms with Gasteiger partial charge in [-0.25, -0.2) is 0 Å². The minimum atomic E-state index is -1.37. The SMILES string of the molecule is COc1ccc(C(C(=O)O)N(CC(=O)O)CC(=O)O)cc1. The molecule has 0 spiro atoms. The zero-order chi connectivity index (χ0) is 16.0. The first-order valence-electron chi connectivity index (χ1n) is 5.89. The van der Waals surface area contributed by atoms with Crippen LogP contribution in [-0.2, 0) is 14.4 Å². The van der Waals surface area contributed by atoms with E-state index in [0.717, 1.165) is 4.90 Å². The van der Waals surface area contributed by atoms with Crippen molar-refractivity contribution in [1.29, 1.82) is 0 Å². The molecule has 3 N–H and O–H groups in total. The third-order valence-electron chi connectivity index (χ3n) is 2.71. The van der Waals surface area contributed by atoms with Gasteiger partial charge in [-0.1, -0.05) is 12.1 Å². The van der Waals surface area contributed by atoms with Gasteiger partial charge in [0.15, 0.2) is 0 Å². The van der Waals surface area contributed by atoms with Crippen LogP contribution in [0.2, 0.25) is 0 Å². The number of nitrogens with zero attached hydrogens (tertiary/aromatic N) is 1. The van der Waals surface area contributed by atoms with Crippen molar-refractivity contribution >= 4 is 17.9 Å². The Balaban J connectivity index is 3.12. The predicted octanol–water partition coefficient (Wildman–Crippen LogP) is 0.292. The summed E-state index contributed by atoms with van der Waals surface area (Å²) in [6.07, 6.45) is 0. The van der Waals surface area contributed by atoms with Crippen molar-refractivity contribution in [3.05, 3.63) is 29.8 Å². The highest BCUT2D eigenvalue weighted by Gasteiger charge is 2.30. The molecule has 0 heterocycles. The van der Waals surface area contributed by atoms with Crippen molar-refractivity contribution in [3.8, 4) is 5.75 Å². The summed E-state index contributed by atoms with van der Waals surface area (Å²) in [5.74, 6) is -3.44. The first-order chi connectivity index (χ1) is 9.85. The molecule has 0 aliphatic heterocycles. The maximum Gasteiger partial charge on any atom is 0.325 e. The van der Waals surface area contributed by atoms with Gasteiger partial charge < -0.3 is 20.1 Å². The fourth-order valence-corrected chi connectivity index (χ4v) is 1.88. The zero-order valence-electron chi connectivity index (χ0n) is 11.2. The van der Waals surface area contributed by atoms with E-state index >= 15 is 0 Å². The van der Waals surface area contributed by atoms with E-state index in [4.69, 9.17) is 14.9 Å². The molecule has 114 valence electrons. The molecule has 1 rings (SSSR count). The normalized spacial score (nSPS) is 11.9. The predicted molar refractivity (Wildman–Crippen MR) is 70.2 cm³/mol. The largest absolute Gasteiger partial charge is 0.497 e. The van der Waals surface area contributed by atoms with Gasteiger partial charge in [0.1, 0.15) is 11.8 Å². The molecule has 1 aromatic rings. The molecule has 21 heavy (non-hydrogen) atoms. The van der Waals surface area contributed by atoms with Crippen molar-refractivity contribution < 1.29 is 34.4 Å². The fourth-order valence-electron chi connectivity index (χ4n) is 1.88. The molecule has 1 aromatic carbocycles. The van der Waals surface area contributed by atoms with Crippen molar-refractivity contribution in [2.75, 3.05) is 20.2 Å². The number of ether oxygens (including phenoxy) is 1. The topological polar surface area (TPSA) is 124 Å². The van der Waals surface area contributed by atoms with E-state index in [9.17, 15) is 19.5 Å². The molecule has 0 saturated heterocycles. The number of rotatable bonds is 8. The van der Waals surface area contributed by atoms with Crippen LogP contribution in [0.1, 0.15) is 11.6 Å². The van der Waals surface area contributed by atoms with Crippen LogP contribution in [0.15, 0.2) is 24.3 Å². The van der Waals surface area contributed by atoms with Crippen LogP contribution in [-0.4, -0.2) is 58.3 Å². The summed E-state index contributed by atoms with van der Waals surface area (Å²) in [5.41, 5.74) is 0.269. The van der Waals surface area contributed by atoms with Gasteiger partial charge in [0.25, 0.3) is 0 Å². The molecule has 0 fully saturated rings. The molecule has 1 unspecified atom stereocenters. The number of benzene rings is 1. The van der Waals surface area contributed by atoms with Gasteiger partial charge >= 0.3 is 17.9 Å². The van der Waals surface area contributed by atoms with Crippen LogP contribution in [0.5, 0.6) is 5.75 Å². The molecule has 0 aliphatic rings. The Kier molecular flexibility index (Phi) is 5.67. The van der Waals surface area contributed by atoms with Gasteiger partial charge in [0.2, 0.25) is 0 Å². The number of hydrogen-bond donors (Lipinski definition) is 3. The van der Waals surface area contributed by atoms with E-state index < -0.39 is 37.0 Å². The monoisotopic (exact) mass is 297 g/mol. The van der Waals surface area contributed by atoms with Crippen molar-refractivity contribution in [1.82, 2.24) is 4.90 Å². The highest BCUT2D eigenvalue weighted by Crippen LogP contribution is 2.23. The third kappa shape index (κ3) is 4.77. The Bertz CT molecular complexity index is 510. The minimum Gasteiger partial charge on any atom is -0.497 e. The average molecular weight is 297 g/mol. The Labute approximate surface area is 120 Å². The minimum absolute atomic E-state index is 0.269. The Morgan fingerprint density at radius 3 is 1.86 bits per heavy atom. The van der Waals surface area contributed by atoms with Gasteiger partial charge in [-0.3, -0.25) is 19.3 Å². The van der Waals surface area contributed by atoms with Gasteiger partial charge in [0, 0.05) is 0 Å². The molecular formula is C13H15NO7. The van der Waals surface area contributed by atoms with Crippen LogP contribution < -0.4 is 4.74 Å². The molecule has 8 heteroatoms. The lowest BCUT2D eigenvalue weighted by Crippen LogP contribution is -2.41. The molecule has 0 radical (unpaired) electrons. The van der Waals surface area contributed by atoms with Gasteiger partial charge in [-0.15, -0.1) is 0 Å². The molecular weight excluding hydrogens is 282 g/mol. The second-order valence-electron chi connectivity index (χ2n) is 4.21. The number of methoxy groups -OCH3 is 1. The summed E-state index contributed by atoms with van der Waals surface area (Å²) in [6, 6.07) is 4.57. The summed E-state index contributed by atoms with van der Waals surface area (Å²) in [4.78, 5) is 33.9. The molecule has 8 nitrogen and oxygen atoms in total. The lowest BCUT2D eigenvalue weighted by atomic mass is 10.0. The Hall–Kier alpha value is -2.61. The van der Waals surface area contributed by atoms with E-state index in [-0.39, 0.29) is 5.56 Å². The average Bonchev–Trinajstić information content (AvgIpc) is 2.37. The number of carboxylic acids is 3. The van der Waals surface area contributed by atoms with Gasteiger partial charge in [-0.05, 0) is 17.7 Å². The molecule has 0 aromatic heterocycles. The molecule has 1 atom stereocenters. The van der Waals surface area contributed by atoms with Crippen molar-refractivity contribution in [3.63, 3.8) is 0 Å². The molecule has 0 aliphatic carbocycles. The van der Waals surface area contributed by atoms with Crippen LogP contribution in [0, 0.1) is 0 Å². The molecule has 0 bridgehead atoms. The standard InChI is InChI=1S/C13H15NO7/c1-21-9-4-2-8(3-5-9)12(13(19)20)14(6-10(15)16)7-11(17)18/h2-5,12H,6-7H2,1H3,(H,15,16)(H,17,18)(H,19,20). The van der Waals surface area contributed by atoms with E-state index in [0.29, 0.717) is 5.75 Å². The fraction of sp³-hybridized carbons (Fsp3) is 0.308. The Morgan fingerprint density at radius 2 is 1.52 bits per heavy atom. The van der Waals surface area contributed by atoms with Crippen molar-refractivity contribution in [2.45, 2.75) is 6.04 Å². The number of carboxylic acid groups (broad SMARTS) is 3. The first-order valence-corrected chi connectivity index (χ1v) is 5.89. The summed E-state index contributed by atoms with van der Waals surface area (Å²) in [6.45, 7) is -1.40. The van der Waals surface area contributed by atoms with Gasteiger partial charge in [-0.2, -0.15) is 0 Å².